The van der Waals surface area contributed by atoms with Crippen molar-refractivity contribution in [3.63, 3.8) is 0 Å². The summed E-state index contributed by atoms with van der Waals surface area (Å²) in [7, 11) is -3.86. The molecule has 34 heavy (non-hydrogen) atoms. The van der Waals surface area contributed by atoms with Crippen molar-refractivity contribution in [3.05, 3.63) is 47.0 Å². The Morgan fingerprint density at radius 1 is 1.18 bits per heavy atom. The number of anilines is 2. The Kier molecular flexibility index (Phi) is 6.69. The molecule has 2 amide bonds. The summed E-state index contributed by atoms with van der Waals surface area (Å²) in [6.45, 7) is 7.88. The van der Waals surface area contributed by atoms with Crippen LogP contribution >= 0.6 is 0 Å². The molecule has 182 valence electrons. The molecule has 1 saturated heterocycles. The third-order valence-corrected chi connectivity index (χ3v) is 8.50. The smallest absolute Gasteiger partial charge is 0.265 e. The molecular weight excluding hydrogens is 454 g/mol. The van der Waals surface area contributed by atoms with Crippen LogP contribution < -0.4 is 15.4 Å². The van der Waals surface area contributed by atoms with Gasteiger partial charge in [0.1, 0.15) is 5.75 Å². The van der Waals surface area contributed by atoms with Gasteiger partial charge < -0.3 is 15.4 Å². The van der Waals surface area contributed by atoms with E-state index in [1.807, 2.05) is 39.0 Å². The number of rotatable bonds is 5. The Morgan fingerprint density at radius 2 is 1.94 bits per heavy atom. The van der Waals surface area contributed by atoms with Crippen LogP contribution in [-0.4, -0.2) is 43.7 Å². The first-order chi connectivity index (χ1) is 16.1. The summed E-state index contributed by atoms with van der Waals surface area (Å²) < 4.78 is 34.3. The SMILES string of the molecule is CC[C@H]1Oc2cc(S(=O)(=O)N3CCC[C@H](C(=O)Nc4cc(C)ccc4C)C3)c(C)cc2NC1=O. The summed E-state index contributed by atoms with van der Waals surface area (Å²) >= 11 is 0. The number of fused-ring (bicyclic) bond motifs is 1. The molecule has 0 radical (unpaired) electrons. The van der Waals surface area contributed by atoms with Gasteiger partial charge in [-0.05, 0) is 68.9 Å². The number of nitrogens with zero attached hydrogens (tertiary/aromatic N) is 1. The molecule has 0 aromatic heterocycles. The van der Waals surface area contributed by atoms with E-state index >= 15 is 0 Å². The molecule has 0 aliphatic carbocycles. The lowest BCUT2D eigenvalue weighted by molar-refractivity contribution is -0.123. The molecule has 2 heterocycles. The van der Waals surface area contributed by atoms with E-state index in [4.69, 9.17) is 4.74 Å². The summed E-state index contributed by atoms with van der Waals surface area (Å²) in [5.41, 5.74) is 3.73. The Hall–Kier alpha value is -2.91. The molecule has 0 bridgehead atoms. The Balaban J connectivity index is 1.55. The number of hydrogen-bond acceptors (Lipinski definition) is 5. The highest BCUT2D eigenvalue weighted by Gasteiger charge is 2.36. The third-order valence-electron chi connectivity index (χ3n) is 6.49. The topological polar surface area (TPSA) is 105 Å². The van der Waals surface area contributed by atoms with Crippen LogP contribution in [0.25, 0.3) is 0 Å². The van der Waals surface area contributed by atoms with Crippen molar-refractivity contribution in [2.24, 2.45) is 5.92 Å². The standard InChI is InChI=1S/C25H31N3O5S/c1-5-21-25(30)27-20-12-17(4)23(13-22(20)33-21)34(31,32)28-10-6-7-18(14-28)24(29)26-19-11-15(2)8-9-16(19)3/h8-9,11-13,18,21H,5-7,10,14H2,1-4H3,(H,26,29)(H,27,30)/t18-,21+/m0/s1. The summed E-state index contributed by atoms with van der Waals surface area (Å²) in [6, 6.07) is 8.97. The zero-order valence-corrected chi connectivity index (χ0v) is 20.8. The van der Waals surface area contributed by atoms with Gasteiger partial charge in [0.25, 0.3) is 5.91 Å². The van der Waals surface area contributed by atoms with Crippen LogP contribution in [0.1, 0.15) is 42.9 Å². The first-order valence-electron chi connectivity index (χ1n) is 11.6. The average molecular weight is 486 g/mol. The number of carbonyl (C=O) groups is 2. The molecule has 2 atom stereocenters. The van der Waals surface area contributed by atoms with Crippen molar-refractivity contribution in [2.75, 3.05) is 23.7 Å². The Labute approximate surface area is 200 Å². The molecule has 2 aliphatic rings. The van der Waals surface area contributed by atoms with E-state index in [-0.39, 0.29) is 23.3 Å². The van der Waals surface area contributed by atoms with Crippen LogP contribution in [0.3, 0.4) is 0 Å². The van der Waals surface area contributed by atoms with Crippen LogP contribution in [0, 0.1) is 26.7 Å². The van der Waals surface area contributed by atoms with E-state index in [0.29, 0.717) is 42.8 Å². The Morgan fingerprint density at radius 3 is 2.68 bits per heavy atom. The monoisotopic (exact) mass is 485 g/mol. The van der Waals surface area contributed by atoms with Crippen LogP contribution in [0.4, 0.5) is 11.4 Å². The number of hydrogen-bond donors (Lipinski definition) is 2. The number of nitrogens with one attached hydrogen (secondary N) is 2. The highest BCUT2D eigenvalue weighted by atomic mass is 32.2. The lowest BCUT2D eigenvalue weighted by Crippen LogP contribution is -2.44. The number of sulfonamides is 1. The molecule has 9 heteroatoms. The van der Waals surface area contributed by atoms with Gasteiger partial charge in [-0.15, -0.1) is 0 Å². The molecule has 2 aromatic carbocycles. The van der Waals surface area contributed by atoms with Crippen LogP contribution in [0.2, 0.25) is 0 Å². The normalized spacial score (nSPS) is 20.8. The molecule has 1 fully saturated rings. The summed E-state index contributed by atoms with van der Waals surface area (Å²) in [5, 5.41) is 5.77. The maximum Gasteiger partial charge on any atom is 0.265 e. The predicted molar refractivity (Wildman–Crippen MR) is 131 cm³/mol. The van der Waals surface area contributed by atoms with Gasteiger partial charge in [0.15, 0.2) is 6.10 Å². The first kappa shape index (κ1) is 24.2. The molecule has 8 nitrogen and oxygen atoms in total. The second-order valence-corrected chi connectivity index (χ2v) is 11.0. The predicted octanol–water partition coefficient (Wildman–Crippen LogP) is 3.76. The zero-order valence-electron chi connectivity index (χ0n) is 20.0. The molecule has 2 aromatic rings. The minimum atomic E-state index is -3.86. The van der Waals surface area contributed by atoms with Crippen molar-refractivity contribution < 1.29 is 22.7 Å². The molecule has 4 rings (SSSR count). The number of amides is 2. The number of carbonyl (C=O) groups excluding carboxylic acids is 2. The quantitative estimate of drug-likeness (QED) is 0.671. The number of aryl methyl sites for hydroxylation is 3. The van der Waals surface area contributed by atoms with E-state index in [2.05, 4.69) is 10.6 Å². The molecular formula is C25H31N3O5S. The van der Waals surface area contributed by atoms with Crippen molar-refractivity contribution >= 4 is 33.2 Å². The van der Waals surface area contributed by atoms with Gasteiger partial charge in [0, 0.05) is 24.8 Å². The molecule has 0 saturated carbocycles. The minimum absolute atomic E-state index is 0.116. The lowest BCUT2D eigenvalue weighted by atomic mass is 9.98. The summed E-state index contributed by atoms with van der Waals surface area (Å²) in [5.74, 6) is -0.510. The highest BCUT2D eigenvalue weighted by molar-refractivity contribution is 7.89. The van der Waals surface area contributed by atoms with E-state index in [1.165, 1.54) is 10.4 Å². The van der Waals surface area contributed by atoms with Crippen molar-refractivity contribution in [1.82, 2.24) is 4.31 Å². The van der Waals surface area contributed by atoms with Gasteiger partial charge in [-0.25, -0.2) is 8.42 Å². The Bertz CT molecular complexity index is 1240. The average Bonchev–Trinajstić information content (AvgIpc) is 2.80. The second kappa shape index (κ2) is 9.38. The van der Waals surface area contributed by atoms with Crippen molar-refractivity contribution in [1.29, 1.82) is 0 Å². The fourth-order valence-corrected chi connectivity index (χ4v) is 6.20. The van der Waals surface area contributed by atoms with Crippen molar-refractivity contribution in [2.45, 2.75) is 58.0 Å². The summed E-state index contributed by atoms with van der Waals surface area (Å²) in [4.78, 5) is 25.2. The van der Waals surface area contributed by atoms with Gasteiger partial charge in [0.05, 0.1) is 16.5 Å². The van der Waals surface area contributed by atoms with Crippen LogP contribution in [0.5, 0.6) is 5.75 Å². The third kappa shape index (κ3) is 4.67. The van der Waals surface area contributed by atoms with E-state index < -0.39 is 22.0 Å². The van der Waals surface area contributed by atoms with Gasteiger partial charge in [-0.3, -0.25) is 9.59 Å². The van der Waals surface area contributed by atoms with E-state index in [0.717, 1.165) is 16.8 Å². The van der Waals surface area contributed by atoms with Crippen molar-refractivity contribution in [3.8, 4) is 5.75 Å². The first-order valence-corrected chi connectivity index (χ1v) is 13.0. The fourth-order valence-electron chi connectivity index (χ4n) is 4.45. The maximum absolute atomic E-state index is 13.6. The van der Waals surface area contributed by atoms with Gasteiger partial charge in [0.2, 0.25) is 15.9 Å². The second-order valence-electron chi connectivity index (χ2n) is 9.13. The number of benzene rings is 2. The van der Waals surface area contributed by atoms with Gasteiger partial charge in [-0.1, -0.05) is 19.1 Å². The van der Waals surface area contributed by atoms with Gasteiger partial charge >= 0.3 is 0 Å². The van der Waals surface area contributed by atoms with E-state index in [9.17, 15) is 18.0 Å². The van der Waals surface area contributed by atoms with E-state index in [1.54, 1.807) is 13.0 Å². The van der Waals surface area contributed by atoms with Crippen LogP contribution in [0.15, 0.2) is 35.2 Å². The minimum Gasteiger partial charge on any atom is -0.478 e. The number of piperidine rings is 1. The van der Waals surface area contributed by atoms with Crippen LogP contribution in [-0.2, 0) is 19.6 Å². The molecule has 2 aliphatic heterocycles. The largest absolute Gasteiger partial charge is 0.478 e. The number of ether oxygens (including phenoxy) is 1. The lowest BCUT2D eigenvalue weighted by Gasteiger charge is -2.32. The highest BCUT2D eigenvalue weighted by Crippen LogP contribution is 2.36. The molecule has 0 unspecified atom stereocenters. The molecule has 2 N–H and O–H groups in total. The zero-order chi connectivity index (χ0) is 24.6. The fraction of sp³-hybridized carbons (Fsp3) is 0.440. The summed E-state index contributed by atoms with van der Waals surface area (Å²) in [6.07, 6.45) is 1.04. The maximum atomic E-state index is 13.6. The van der Waals surface area contributed by atoms with Gasteiger partial charge in [-0.2, -0.15) is 4.31 Å². The molecule has 0 spiro atoms.